The standard InChI is InChI=1S/C16H25NO2S/c1-12-6-4-5-7-13(12)11-20(18,19)15-10-16(2,3)9-8-14(15)17/h4-7,14-15H,8-11,17H2,1-3H3. The molecule has 0 amide bonds. The van der Waals surface area contributed by atoms with Crippen LogP contribution >= 0.6 is 0 Å². The quantitative estimate of drug-likeness (QED) is 0.932. The lowest BCUT2D eigenvalue weighted by molar-refractivity contribution is 0.227. The van der Waals surface area contributed by atoms with Crippen LogP contribution in [-0.2, 0) is 15.6 Å². The Morgan fingerprint density at radius 2 is 1.95 bits per heavy atom. The summed E-state index contributed by atoms with van der Waals surface area (Å²) < 4.78 is 25.5. The molecule has 1 aromatic carbocycles. The fourth-order valence-corrected chi connectivity index (χ4v) is 5.38. The molecule has 3 nitrogen and oxygen atoms in total. The van der Waals surface area contributed by atoms with Gasteiger partial charge in [0, 0.05) is 6.04 Å². The summed E-state index contributed by atoms with van der Waals surface area (Å²) in [4.78, 5) is 0. The van der Waals surface area contributed by atoms with Crippen molar-refractivity contribution in [2.75, 3.05) is 0 Å². The van der Waals surface area contributed by atoms with Gasteiger partial charge in [-0.1, -0.05) is 38.1 Å². The first-order valence-corrected chi connectivity index (χ1v) is 8.94. The lowest BCUT2D eigenvalue weighted by atomic mass is 9.75. The molecule has 2 rings (SSSR count). The summed E-state index contributed by atoms with van der Waals surface area (Å²) in [6.07, 6.45) is 2.47. The smallest absolute Gasteiger partial charge is 0.158 e. The summed E-state index contributed by atoms with van der Waals surface area (Å²) in [5.74, 6) is 0.105. The predicted molar refractivity (Wildman–Crippen MR) is 83.2 cm³/mol. The molecule has 0 aromatic heterocycles. The molecule has 2 unspecified atom stereocenters. The number of nitrogens with two attached hydrogens (primary N) is 1. The highest BCUT2D eigenvalue weighted by Gasteiger charge is 2.40. The van der Waals surface area contributed by atoms with Gasteiger partial charge in [-0.05, 0) is 42.7 Å². The van der Waals surface area contributed by atoms with Crippen LogP contribution in [-0.4, -0.2) is 19.7 Å². The van der Waals surface area contributed by atoms with E-state index in [-0.39, 0.29) is 17.2 Å². The molecule has 2 atom stereocenters. The van der Waals surface area contributed by atoms with Crippen LogP contribution in [0.2, 0.25) is 0 Å². The summed E-state index contributed by atoms with van der Waals surface area (Å²) in [5.41, 5.74) is 8.09. The van der Waals surface area contributed by atoms with Gasteiger partial charge in [-0.3, -0.25) is 0 Å². The van der Waals surface area contributed by atoms with Crippen LogP contribution in [0.4, 0.5) is 0 Å². The SMILES string of the molecule is Cc1ccccc1CS(=O)(=O)C1CC(C)(C)CCC1N. The minimum absolute atomic E-state index is 0.0688. The molecular weight excluding hydrogens is 270 g/mol. The molecule has 0 bridgehead atoms. The van der Waals surface area contributed by atoms with E-state index >= 15 is 0 Å². The molecule has 0 spiro atoms. The van der Waals surface area contributed by atoms with Crippen LogP contribution in [0.3, 0.4) is 0 Å². The topological polar surface area (TPSA) is 60.2 Å². The number of rotatable bonds is 3. The molecule has 112 valence electrons. The van der Waals surface area contributed by atoms with Gasteiger partial charge in [0.25, 0.3) is 0 Å². The highest BCUT2D eigenvalue weighted by atomic mass is 32.2. The highest BCUT2D eigenvalue weighted by molar-refractivity contribution is 7.91. The number of aryl methyl sites for hydroxylation is 1. The molecule has 1 saturated carbocycles. The minimum atomic E-state index is -3.20. The summed E-state index contributed by atoms with van der Waals surface area (Å²) in [7, 11) is -3.20. The van der Waals surface area contributed by atoms with Gasteiger partial charge < -0.3 is 5.73 Å². The van der Waals surface area contributed by atoms with Crippen LogP contribution in [0, 0.1) is 12.3 Å². The first-order chi connectivity index (χ1) is 9.21. The third-order valence-electron chi connectivity index (χ3n) is 4.46. The second-order valence-corrected chi connectivity index (χ2v) is 9.06. The molecule has 1 aliphatic rings. The summed E-state index contributed by atoms with van der Waals surface area (Å²) in [5, 5.41) is -0.411. The van der Waals surface area contributed by atoms with Crippen molar-refractivity contribution < 1.29 is 8.42 Å². The molecule has 0 aliphatic heterocycles. The molecule has 1 fully saturated rings. The number of hydrogen-bond donors (Lipinski definition) is 1. The maximum absolute atomic E-state index is 12.7. The van der Waals surface area contributed by atoms with Gasteiger partial charge in [-0.2, -0.15) is 0 Å². The van der Waals surface area contributed by atoms with Crippen molar-refractivity contribution in [3.05, 3.63) is 35.4 Å². The zero-order valence-corrected chi connectivity index (χ0v) is 13.4. The Bertz CT molecular complexity index is 578. The molecule has 2 N–H and O–H groups in total. The van der Waals surface area contributed by atoms with Crippen LogP contribution < -0.4 is 5.73 Å². The molecule has 1 aromatic rings. The van der Waals surface area contributed by atoms with Gasteiger partial charge in [0.1, 0.15) is 0 Å². The minimum Gasteiger partial charge on any atom is -0.327 e. The van der Waals surface area contributed by atoms with Crippen LogP contribution in [0.1, 0.15) is 44.2 Å². The van der Waals surface area contributed by atoms with Crippen molar-refractivity contribution in [3.8, 4) is 0 Å². The van der Waals surface area contributed by atoms with E-state index in [0.717, 1.165) is 24.0 Å². The van der Waals surface area contributed by atoms with Gasteiger partial charge in [-0.25, -0.2) is 8.42 Å². The Morgan fingerprint density at radius 3 is 2.60 bits per heavy atom. The van der Waals surface area contributed by atoms with E-state index in [0.29, 0.717) is 6.42 Å². The second kappa shape index (κ2) is 5.49. The normalized spacial score (nSPS) is 26.4. The van der Waals surface area contributed by atoms with E-state index in [1.165, 1.54) is 0 Å². The fourth-order valence-electron chi connectivity index (χ4n) is 3.03. The Morgan fingerprint density at radius 1 is 1.30 bits per heavy atom. The average Bonchev–Trinajstić information content (AvgIpc) is 2.35. The van der Waals surface area contributed by atoms with Crippen molar-refractivity contribution in [1.82, 2.24) is 0 Å². The number of sulfone groups is 1. The Balaban J connectivity index is 2.24. The Hall–Kier alpha value is -0.870. The lowest BCUT2D eigenvalue weighted by Gasteiger charge is -2.38. The molecular formula is C16H25NO2S. The van der Waals surface area contributed by atoms with E-state index < -0.39 is 15.1 Å². The average molecular weight is 295 g/mol. The van der Waals surface area contributed by atoms with Crippen molar-refractivity contribution in [2.45, 2.75) is 57.1 Å². The second-order valence-electron chi connectivity index (χ2n) is 6.84. The molecule has 20 heavy (non-hydrogen) atoms. The maximum Gasteiger partial charge on any atom is 0.158 e. The Labute approximate surface area is 122 Å². The third-order valence-corrected chi connectivity index (χ3v) is 6.62. The Kier molecular flexibility index (Phi) is 4.26. The molecule has 4 heteroatoms. The van der Waals surface area contributed by atoms with Crippen molar-refractivity contribution in [1.29, 1.82) is 0 Å². The van der Waals surface area contributed by atoms with Gasteiger partial charge in [0.15, 0.2) is 9.84 Å². The lowest BCUT2D eigenvalue weighted by Crippen LogP contribution is -2.47. The van der Waals surface area contributed by atoms with E-state index in [2.05, 4.69) is 13.8 Å². The van der Waals surface area contributed by atoms with Crippen molar-refractivity contribution >= 4 is 9.84 Å². The maximum atomic E-state index is 12.7. The van der Waals surface area contributed by atoms with Gasteiger partial charge >= 0.3 is 0 Å². The van der Waals surface area contributed by atoms with Crippen molar-refractivity contribution in [3.63, 3.8) is 0 Å². The number of hydrogen-bond acceptors (Lipinski definition) is 3. The van der Waals surface area contributed by atoms with Crippen molar-refractivity contribution in [2.24, 2.45) is 11.1 Å². The monoisotopic (exact) mass is 295 g/mol. The van der Waals surface area contributed by atoms with E-state index in [9.17, 15) is 8.42 Å². The molecule has 0 saturated heterocycles. The predicted octanol–water partition coefficient (Wildman–Crippen LogP) is 2.82. The van der Waals surface area contributed by atoms with Gasteiger partial charge in [0.2, 0.25) is 0 Å². The number of benzene rings is 1. The first-order valence-electron chi connectivity index (χ1n) is 7.23. The zero-order chi connectivity index (χ0) is 15.0. The summed E-state index contributed by atoms with van der Waals surface area (Å²) in [6.45, 7) is 6.22. The van der Waals surface area contributed by atoms with E-state index in [4.69, 9.17) is 5.73 Å². The fraction of sp³-hybridized carbons (Fsp3) is 0.625. The van der Waals surface area contributed by atoms with E-state index in [1.807, 2.05) is 31.2 Å². The van der Waals surface area contributed by atoms with E-state index in [1.54, 1.807) is 0 Å². The van der Waals surface area contributed by atoms with Crippen LogP contribution in [0.25, 0.3) is 0 Å². The first kappa shape index (κ1) is 15.5. The van der Waals surface area contributed by atoms with Crippen LogP contribution in [0.15, 0.2) is 24.3 Å². The largest absolute Gasteiger partial charge is 0.327 e. The van der Waals surface area contributed by atoms with Crippen LogP contribution in [0.5, 0.6) is 0 Å². The summed E-state index contributed by atoms with van der Waals surface area (Å²) >= 11 is 0. The highest BCUT2D eigenvalue weighted by Crippen LogP contribution is 2.38. The molecule has 0 heterocycles. The van der Waals surface area contributed by atoms with Gasteiger partial charge in [0.05, 0.1) is 11.0 Å². The third kappa shape index (κ3) is 3.41. The molecule has 0 radical (unpaired) electrons. The zero-order valence-electron chi connectivity index (χ0n) is 12.6. The molecule has 1 aliphatic carbocycles. The van der Waals surface area contributed by atoms with Gasteiger partial charge in [-0.15, -0.1) is 0 Å². The summed E-state index contributed by atoms with van der Waals surface area (Å²) in [6, 6.07) is 7.45.